The topological polar surface area (TPSA) is 49.8 Å². The highest BCUT2D eigenvalue weighted by atomic mass is 19.4. The molecule has 0 amide bonds. The number of hydrogen-bond acceptors (Lipinski definition) is 3. The minimum atomic E-state index is -4.33. The monoisotopic (exact) mass is 449 g/mol. The van der Waals surface area contributed by atoms with Crippen molar-refractivity contribution in [1.29, 1.82) is 0 Å². The fourth-order valence-electron chi connectivity index (χ4n) is 5.71. The molecule has 2 bridgehead atoms. The fraction of sp³-hybridized carbons (Fsp3) is 0.560. The lowest BCUT2D eigenvalue weighted by atomic mass is 9.88. The lowest BCUT2D eigenvalue weighted by Crippen LogP contribution is -2.34. The second-order valence-corrected chi connectivity index (χ2v) is 9.33. The summed E-state index contributed by atoms with van der Waals surface area (Å²) in [4.78, 5) is 13.5. The summed E-state index contributed by atoms with van der Waals surface area (Å²) in [6.07, 6.45) is 5.89. The normalized spacial score (nSPS) is 25.0. The van der Waals surface area contributed by atoms with Crippen LogP contribution in [0.25, 0.3) is 0 Å². The van der Waals surface area contributed by atoms with Crippen molar-refractivity contribution in [3.05, 3.63) is 59.0 Å². The fourth-order valence-corrected chi connectivity index (χ4v) is 5.71. The number of nitrogens with zero attached hydrogens (tertiary/aromatic N) is 1. The van der Waals surface area contributed by atoms with Crippen LogP contribution in [0.4, 0.5) is 18.0 Å². The van der Waals surface area contributed by atoms with E-state index in [1.165, 1.54) is 37.8 Å². The molecule has 4 rings (SSSR count). The van der Waals surface area contributed by atoms with E-state index in [1.807, 2.05) is 6.08 Å². The summed E-state index contributed by atoms with van der Waals surface area (Å²) in [6.45, 7) is 1.66. The van der Waals surface area contributed by atoms with Crippen LogP contribution in [0.2, 0.25) is 0 Å². The summed E-state index contributed by atoms with van der Waals surface area (Å²) in [5, 5.41) is 9.15. The largest absolute Gasteiger partial charge is 0.511 e. The number of hydrogen-bond donors (Lipinski definition) is 1. The van der Waals surface area contributed by atoms with Crippen LogP contribution < -0.4 is 0 Å². The smallest absolute Gasteiger partial charge is 0.449 e. The Bertz CT molecular complexity index is 893. The highest BCUT2D eigenvalue weighted by Crippen LogP contribution is 2.49. The minimum absolute atomic E-state index is 0.381. The van der Waals surface area contributed by atoms with Crippen LogP contribution in [0, 0.1) is 17.8 Å². The van der Waals surface area contributed by atoms with Gasteiger partial charge in [-0.25, -0.2) is 4.79 Å². The molecule has 2 saturated carbocycles. The molecule has 32 heavy (non-hydrogen) atoms. The second kappa shape index (κ2) is 9.59. The molecule has 4 nitrogen and oxygen atoms in total. The molecule has 7 heteroatoms. The van der Waals surface area contributed by atoms with Crippen LogP contribution in [0.1, 0.15) is 56.1 Å². The maximum absolute atomic E-state index is 12.9. The van der Waals surface area contributed by atoms with Crippen molar-refractivity contribution in [2.45, 2.75) is 57.5 Å². The number of rotatable bonds is 8. The number of aryl methyl sites for hydroxylation is 1. The van der Waals surface area contributed by atoms with Crippen molar-refractivity contribution in [3.8, 4) is 0 Å². The first-order valence-corrected chi connectivity index (χ1v) is 11.5. The molecule has 0 saturated heterocycles. The van der Waals surface area contributed by atoms with Gasteiger partial charge in [0.15, 0.2) is 5.76 Å². The van der Waals surface area contributed by atoms with E-state index in [4.69, 9.17) is 9.84 Å². The summed E-state index contributed by atoms with van der Waals surface area (Å²) < 4.78 is 43.9. The van der Waals surface area contributed by atoms with Gasteiger partial charge in [0.2, 0.25) is 0 Å². The number of carbonyl (C=O) groups is 1. The van der Waals surface area contributed by atoms with E-state index in [9.17, 15) is 18.0 Å². The molecular formula is C25H30F3NO3. The van der Waals surface area contributed by atoms with Crippen LogP contribution in [0.15, 0.2) is 47.9 Å². The molecule has 1 aliphatic heterocycles. The molecule has 0 spiro atoms. The number of allylic oxidation sites excluding steroid dienone is 2. The van der Waals surface area contributed by atoms with Gasteiger partial charge in [0.25, 0.3) is 0 Å². The van der Waals surface area contributed by atoms with Crippen molar-refractivity contribution >= 4 is 6.16 Å². The first-order valence-electron chi connectivity index (χ1n) is 11.5. The first kappa shape index (κ1) is 22.7. The predicted molar refractivity (Wildman–Crippen MR) is 115 cm³/mol. The number of unbranched alkanes of at least 4 members (excludes halogenated alkanes) is 1. The molecule has 2 fully saturated rings. The molecule has 0 radical (unpaired) electrons. The molecule has 1 aromatic carbocycles. The molecule has 1 heterocycles. The zero-order chi connectivity index (χ0) is 22.7. The van der Waals surface area contributed by atoms with Crippen molar-refractivity contribution < 1.29 is 27.8 Å². The molecule has 3 atom stereocenters. The highest BCUT2D eigenvalue weighted by Gasteiger charge is 2.40. The molecule has 174 valence electrons. The molecule has 0 aromatic heterocycles. The average Bonchev–Trinajstić information content (AvgIpc) is 3.35. The van der Waals surface area contributed by atoms with Gasteiger partial charge in [-0.15, -0.1) is 0 Å². The van der Waals surface area contributed by atoms with Gasteiger partial charge in [0.05, 0.1) is 11.3 Å². The minimum Gasteiger partial charge on any atom is -0.449 e. The van der Waals surface area contributed by atoms with E-state index in [-0.39, 0.29) is 0 Å². The molecule has 2 aliphatic carbocycles. The number of ether oxygens (including phenoxy) is 1. The van der Waals surface area contributed by atoms with Gasteiger partial charge in [0.1, 0.15) is 0 Å². The number of benzene rings is 1. The van der Waals surface area contributed by atoms with Gasteiger partial charge in [-0.1, -0.05) is 30.7 Å². The second-order valence-electron chi connectivity index (χ2n) is 9.33. The van der Waals surface area contributed by atoms with Gasteiger partial charge in [-0.3, -0.25) is 0 Å². The summed E-state index contributed by atoms with van der Waals surface area (Å²) in [5.74, 6) is 2.65. The van der Waals surface area contributed by atoms with E-state index in [2.05, 4.69) is 4.90 Å². The quantitative estimate of drug-likeness (QED) is 0.357. The third kappa shape index (κ3) is 5.48. The van der Waals surface area contributed by atoms with Crippen LogP contribution in [0.3, 0.4) is 0 Å². The maximum atomic E-state index is 12.9. The van der Waals surface area contributed by atoms with Gasteiger partial charge >= 0.3 is 12.3 Å². The zero-order valence-electron chi connectivity index (χ0n) is 18.1. The van der Waals surface area contributed by atoms with Crippen molar-refractivity contribution in [2.75, 3.05) is 13.1 Å². The van der Waals surface area contributed by atoms with Gasteiger partial charge in [-0.05, 0) is 80.4 Å². The van der Waals surface area contributed by atoms with Crippen molar-refractivity contribution in [1.82, 2.24) is 4.90 Å². The number of alkyl halides is 3. The maximum Gasteiger partial charge on any atom is 0.511 e. The molecule has 1 N–H and O–H groups in total. The summed E-state index contributed by atoms with van der Waals surface area (Å²) in [6, 6.07) is 5.47. The van der Waals surface area contributed by atoms with E-state index >= 15 is 0 Å². The third-order valence-electron chi connectivity index (χ3n) is 7.18. The zero-order valence-corrected chi connectivity index (χ0v) is 18.1. The Kier molecular flexibility index (Phi) is 6.82. The van der Waals surface area contributed by atoms with E-state index < -0.39 is 17.9 Å². The SMILES string of the molecule is O=C(O)OC1=C(CCCCc2cccc(C(F)(F)F)c2)N(CC2CC3CCC2C3)CC=C1. The predicted octanol–water partition coefficient (Wildman–Crippen LogP) is 6.63. The van der Waals surface area contributed by atoms with Gasteiger partial charge < -0.3 is 14.7 Å². The number of fused-ring (bicyclic) bond motifs is 2. The molecule has 1 aromatic rings. The first-order chi connectivity index (χ1) is 15.3. The van der Waals surface area contributed by atoms with E-state index in [0.29, 0.717) is 30.1 Å². The van der Waals surface area contributed by atoms with Crippen molar-refractivity contribution in [3.63, 3.8) is 0 Å². The van der Waals surface area contributed by atoms with E-state index in [1.54, 1.807) is 12.1 Å². The average molecular weight is 450 g/mol. The Balaban J connectivity index is 1.38. The summed E-state index contributed by atoms with van der Waals surface area (Å²) >= 11 is 0. The third-order valence-corrected chi connectivity index (χ3v) is 7.18. The highest BCUT2D eigenvalue weighted by molar-refractivity contribution is 5.59. The van der Waals surface area contributed by atoms with Gasteiger partial charge in [0, 0.05) is 13.1 Å². The summed E-state index contributed by atoms with van der Waals surface area (Å²) in [5.41, 5.74) is 0.948. The molecule has 3 unspecified atom stereocenters. The Labute approximate surface area is 186 Å². The van der Waals surface area contributed by atoms with Crippen LogP contribution >= 0.6 is 0 Å². The number of halogens is 3. The Morgan fingerprint density at radius 2 is 1.97 bits per heavy atom. The van der Waals surface area contributed by atoms with Gasteiger partial charge in [-0.2, -0.15) is 13.2 Å². The molecular weight excluding hydrogens is 419 g/mol. The Morgan fingerprint density at radius 1 is 1.16 bits per heavy atom. The summed E-state index contributed by atoms with van der Waals surface area (Å²) in [7, 11) is 0. The Morgan fingerprint density at radius 3 is 2.66 bits per heavy atom. The lowest BCUT2D eigenvalue weighted by Gasteiger charge is -2.35. The van der Waals surface area contributed by atoms with Crippen molar-refractivity contribution in [2.24, 2.45) is 17.8 Å². The van der Waals surface area contributed by atoms with Crippen LogP contribution in [-0.2, 0) is 17.3 Å². The molecule has 3 aliphatic rings. The number of carboxylic acid groups (broad SMARTS) is 1. The Hall–Kier alpha value is -2.44. The lowest BCUT2D eigenvalue weighted by molar-refractivity contribution is -0.137. The standard InChI is InChI=1S/C25H30F3NO3/c26-25(27,28)21-7-3-6-17(15-21)5-1-2-8-22-23(32-24(30)31)9-4-12-29(22)16-20-14-18-10-11-19(20)13-18/h3-4,6-7,9,15,18-20H,1-2,5,8,10-14,16H2,(H,30,31). The van der Waals surface area contributed by atoms with Crippen LogP contribution in [0.5, 0.6) is 0 Å². The van der Waals surface area contributed by atoms with E-state index in [0.717, 1.165) is 49.5 Å². The van der Waals surface area contributed by atoms with Crippen LogP contribution in [-0.4, -0.2) is 29.3 Å².